The van der Waals surface area contributed by atoms with Gasteiger partial charge in [0.1, 0.15) is 0 Å². The summed E-state index contributed by atoms with van der Waals surface area (Å²) in [6, 6.07) is 14.8. The normalized spacial score (nSPS) is 19.6. The SMILES string of the molecule is CN(C)c1ccc(C2CC(c3ccccc3Cl)=NN2C(=O)/C=C2\SC(=O)NC2=O)cc1. The third kappa shape index (κ3) is 4.35. The summed E-state index contributed by atoms with van der Waals surface area (Å²) >= 11 is 7.06. The Balaban J connectivity index is 1.70. The van der Waals surface area contributed by atoms with Gasteiger partial charge in [-0.1, -0.05) is 41.9 Å². The summed E-state index contributed by atoms with van der Waals surface area (Å²) in [6.45, 7) is 0. The molecule has 2 aliphatic rings. The number of hydrogen-bond acceptors (Lipinski definition) is 6. The molecule has 0 saturated carbocycles. The van der Waals surface area contributed by atoms with Gasteiger partial charge in [0, 0.05) is 42.9 Å². The maximum atomic E-state index is 13.1. The monoisotopic (exact) mass is 454 g/mol. The van der Waals surface area contributed by atoms with E-state index in [4.69, 9.17) is 11.6 Å². The highest BCUT2D eigenvalue weighted by molar-refractivity contribution is 8.18. The number of anilines is 1. The summed E-state index contributed by atoms with van der Waals surface area (Å²) < 4.78 is 0. The number of carbonyl (C=O) groups excluding carboxylic acids is 3. The zero-order valence-corrected chi connectivity index (χ0v) is 18.4. The van der Waals surface area contributed by atoms with Crippen molar-refractivity contribution in [3.05, 3.63) is 75.7 Å². The number of imide groups is 1. The van der Waals surface area contributed by atoms with Crippen LogP contribution in [0.2, 0.25) is 5.02 Å². The summed E-state index contributed by atoms with van der Waals surface area (Å²) in [7, 11) is 3.91. The van der Waals surface area contributed by atoms with Gasteiger partial charge in [-0.2, -0.15) is 5.10 Å². The van der Waals surface area contributed by atoms with Crippen LogP contribution in [0.4, 0.5) is 10.5 Å². The summed E-state index contributed by atoms with van der Waals surface area (Å²) in [4.78, 5) is 38.4. The van der Waals surface area contributed by atoms with Crippen LogP contribution < -0.4 is 10.2 Å². The number of halogens is 1. The van der Waals surface area contributed by atoms with Crippen LogP contribution in [-0.2, 0) is 9.59 Å². The molecule has 2 aromatic carbocycles. The lowest BCUT2D eigenvalue weighted by molar-refractivity contribution is -0.128. The van der Waals surface area contributed by atoms with E-state index in [-0.39, 0.29) is 10.9 Å². The number of amides is 3. The quantitative estimate of drug-likeness (QED) is 0.707. The summed E-state index contributed by atoms with van der Waals surface area (Å²) in [6.07, 6.45) is 1.63. The molecular weight excluding hydrogens is 436 g/mol. The highest BCUT2D eigenvalue weighted by atomic mass is 35.5. The number of nitrogens with zero attached hydrogens (tertiary/aromatic N) is 3. The molecule has 9 heteroatoms. The van der Waals surface area contributed by atoms with Crippen LogP contribution in [0, 0.1) is 0 Å². The maximum absolute atomic E-state index is 13.1. The number of rotatable bonds is 4. The average Bonchev–Trinajstić information content (AvgIpc) is 3.31. The third-order valence-electron chi connectivity index (χ3n) is 5.01. The van der Waals surface area contributed by atoms with Crippen LogP contribution in [0.3, 0.4) is 0 Å². The molecule has 0 aliphatic carbocycles. The second-order valence-corrected chi connectivity index (χ2v) is 8.69. The molecule has 158 valence electrons. The van der Waals surface area contributed by atoms with Crippen molar-refractivity contribution in [1.29, 1.82) is 0 Å². The fourth-order valence-corrected chi connectivity index (χ4v) is 4.32. The Morgan fingerprint density at radius 2 is 1.90 bits per heavy atom. The minimum Gasteiger partial charge on any atom is -0.378 e. The van der Waals surface area contributed by atoms with Gasteiger partial charge >= 0.3 is 0 Å². The van der Waals surface area contributed by atoms with Crippen molar-refractivity contribution in [3.8, 4) is 0 Å². The van der Waals surface area contributed by atoms with Crippen molar-refractivity contribution in [1.82, 2.24) is 10.3 Å². The van der Waals surface area contributed by atoms with E-state index in [1.54, 1.807) is 6.07 Å². The van der Waals surface area contributed by atoms with Crippen molar-refractivity contribution >= 4 is 51.8 Å². The third-order valence-corrected chi connectivity index (χ3v) is 6.15. The van der Waals surface area contributed by atoms with E-state index >= 15 is 0 Å². The Labute approximate surface area is 188 Å². The number of carbonyl (C=O) groups is 3. The smallest absolute Gasteiger partial charge is 0.290 e. The van der Waals surface area contributed by atoms with Crippen LogP contribution in [0.1, 0.15) is 23.6 Å². The standard InChI is InChI=1S/C22H19ClN4O3S/c1-26(2)14-9-7-13(8-10-14)18-11-17(15-5-3-4-6-16(15)23)25-27(18)20(28)12-19-21(29)24-22(30)31-19/h3-10,12,18H,11H2,1-2H3,(H,24,29,30)/b19-12-. The predicted molar refractivity (Wildman–Crippen MR) is 122 cm³/mol. The van der Waals surface area contributed by atoms with Gasteiger partial charge in [0.05, 0.1) is 16.7 Å². The number of hydrazone groups is 1. The van der Waals surface area contributed by atoms with E-state index in [1.165, 1.54) is 5.01 Å². The molecule has 1 fully saturated rings. The number of thioether (sulfide) groups is 1. The minimum atomic E-state index is -0.579. The number of nitrogens with one attached hydrogen (secondary N) is 1. The highest BCUT2D eigenvalue weighted by Crippen LogP contribution is 2.36. The van der Waals surface area contributed by atoms with Gasteiger partial charge < -0.3 is 4.90 Å². The second-order valence-electron chi connectivity index (χ2n) is 7.27. The molecule has 0 aromatic heterocycles. The summed E-state index contributed by atoms with van der Waals surface area (Å²) in [5.74, 6) is -1.05. The molecule has 1 atom stereocenters. The molecule has 2 heterocycles. The molecule has 4 rings (SSSR count). The van der Waals surface area contributed by atoms with Gasteiger partial charge in [-0.15, -0.1) is 0 Å². The first-order valence-corrected chi connectivity index (χ1v) is 10.7. The van der Waals surface area contributed by atoms with Gasteiger partial charge in [0.25, 0.3) is 17.1 Å². The van der Waals surface area contributed by atoms with Gasteiger partial charge in [0.2, 0.25) is 0 Å². The lowest BCUT2D eigenvalue weighted by Crippen LogP contribution is -2.26. The van der Waals surface area contributed by atoms with Crippen LogP contribution >= 0.6 is 23.4 Å². The van der Waals surface area contributed by atoms with Crippen molar-refractivity contribution < 1.29 is 14.4 Å². The van der Waals surface area contributed by atoms with Crippen molar-refractivity contribution in [2.75, 3.05) is 19.0 Å². The van der Waals surface area contributed by atoms with Crippen LogP contribution in [0.5, 0.6) is 0 Å². The molecule has 2 aromatic rings. The van der Waals surface area contributed by atoms with Crippen LogP contribution in [0.15, 0.2) is 64.6 Å². The topological polar surface area (TPSA) is 82.1 Å². The molecule has 1 N–H and O–H groups in total. The molecule has 7 nitrogen and oxygen atoms in total. The number of benzene rings is 2. The molecule has 0 bridgehead atoms. The summed E-state index contributed by atoms with van der Waals surface area (Å²) in [5.41, 5.74) is 3.37. The Kier molecular flexibility index (Phi) is 5.84. The van der Waals surface area contributed by atoms with Crippen molar-refractivity contribution in [2.45, 2.75) is 12.5 Å². The molecule has 1 saturated heterocycles. The molecule has 3 amide bonds. The van der Waals surface area contributed by atoms with Crippen molar-refractivity contribution in [3.63, 3.8) is 0 Å². The highest BCUT2D eigenvalue weighted by Gasteiger charge is 2.34. The molecule has 1 unspecified atom stereocenters. The zero-order chi connectivity index (χ0) is 22.1. The lowest BCUT2D eigenvalue weighted by atomic mass is 9.98. The fraction of sp³-hybridized carbons (Fsp3) is 0.182. The predicted octanol–water partition coefficient (Wildman–Crippen LogP) is 3.95. The number of hydrogen-bond donors (Lipinski definition) is 1. The van der Waals surface area contributed by atoms with E-state index in [9.17, 15) is 14.4 Å². The Hall–Kier alpha value is -3.10. The van der Waals surface area contributed by atoms with Gasteiger partial charge in [-0.25, -0.2) is 5.01 Å². The zero-order valence-electron chi connectivity index (χ0n) is 16.8. The second kappa shape index (κ2) is 8.56. The van der Waals surface area contributed by atoms with E-state index in [0.29, 0.717) is 28.9 Å². The average molecular weight is 455 g/mol. The molecule has 2 aliphatic heterocycles. The summed E-state index contributed by atoms with van der Waals surface area (Å²) in [5, 5.41) is 8.11. The van der Waals surface area contributed by atoms with Gasteiger partial charge in [0.15, 0.2) is 0 Å². The van der Waals surface area contributed by atoms with E-state index in [0.717, 1.165) is 22.9 Å². The van der Waals surface area contributed by atoms with E-state index in [2.05, 4.69) is 10.4 Å². The Morgan fingerprint density at radius 3 is 2.52 bits per heavy atom. The Bertz CT molecular complexity index is 1130. The van der Waals surface area contributed by atoms with Crippen molar-refractivity contribution in [2.24, 2.45) is 5.10 Å². The first-order valence-electron chi connectivity index (χ1n) is 9.51. The largest absolute Gasteiger partial charge is 0.378 e. The Morgan fingerprint density at radius 1 is 1.19 bits per heavy atom. The van der Waals surface area contributed by atoms with E-state index in [1.807, 2.05) is 61.5 Å². The van der Waals surface area contributed by atoms with Crippen LogP contribution in [0.25, 0.3) is 0 Å². The van der Waals surface area contributed by atoms with Gasteiger partial charge in [-0.3, -0.25) is 19.7 Å². The molecule has 0 spiro atoms. The molecule has 0 radical (unpaired) electrons. The first-order chi connectivity index (χ1) is 14.8. The minimum absolute atomic E-state index is 0.0538. The maximum Gasteiger partial charge on any atom is 0.290 e. The fourth-order valence-electron chi connectivity index (χ4n) is 3.43. The first kappa shape index (κ1) is 21.1. The van der Waals surface area contributed by atoms with E-state index < -0.39 is 17.1 Å². The molecular formula is C22H19ClN4O3S. The molecule has 31 heavy (non-hydrogen) atoms. The van der Waals surface area contributed by atoms with Crippen LogP contribution in [-0.4, -0.2) is 41.9 Å². The lowest BCUT2D eigenvalue weighted by Gasteiger charge is -2.22. The van der Waals surface area contributed by atoms with Gasteiger partial charge in [-0.05, 0) is 35.5 Å².